The maximum atomic E-state index is 13.0. The minimum Gasteiger partial charge on any atom is -0.379 e. The lowest BCUT2D eigenvalue weighted by molar-refractivity contribution is 0.0775. The largest absolute Gasteiger partial charge is 0.379 e. The van der Waals surface area contributed by atoms with Crippen molar-refractivity contribution in [1.29, 1.82) is 0 Å². The molecule has 0 aliphatic carbocycles. The van der Waals surface area contributed by atoms with Gasteiger partial charge in [-0.15, -0.1) is 24.0 Å². The molecule has 1 heterocycles. The first-order chi connectivity index (χ1) is 11.6. The van der Waals surface area contributed by atoms with Crippen LogP contribution in [0.25, 0.3) is 0 Å². The third-order valence-electron chi connectivity index (χ3n) is 4.04. The maximum absolute atomic E-state index is 13.0. The summed E-state index contributed by atoms with van der Waals surface area (Å²) in [6.45, 7) is 9.34. The van der Waals surface area contributed by atoms with E-state index in [4.69, 9.17) is 4.74 Å². The topological polar surface area (TPSA) is 40.1 Å². The second-order valence-corrected chi connectivity index (χ2v) is 6.20. The molecular weight excluding hydrogens is 434 g/mol. The number of ether oxygens (including phenoxy) is 1. The molecule has 1 aromatic rings. The Balaban J connectivity index is 0.00000312. The van der Waals surface area contributed by atoms with Gasteiger partial charge in [0.15, 0.2) is 5.96 Å². The Hall–Kier alpha value is -1.09. The fourth-order valence-corrected chi connectivity index (χ4v) is 2.75. The van der Waals surface area contributed by atoms with Crippen LogP contribution in [-0.2, 0) is 4.74 Å². The minimum absolute atomic E-state index is 0. The van der Waals surface area contributed by atoms with Crippen LogP contribution in [0.2, 0.25) is 0 Å². The van der Waals surface area contributed by atoms with E-state index in [2.05, 4.69) is 20.1 Å². The van der Waals surface area contributed by atoms with Crippen LogP contribution in [0, 0.1) is 5.82 Å². The monoisotopic (exact) mass is 464 g/mol. The SMILES string of the molecule is CN=C(NCCCOC(C)C)N1CCN(c2ccc(F)cc2)CC1.I. The Labute approximate surface area is 167 Å². The average molecular weight is 464 g/mol. The van der Waals surface area contributed by atoms with E-state index in [0.717, 1.165) is 57.4 Å². The molecule has 0 spiro atoms. The van der Waals surface area contributed by atoms with Gasteiger partial charge >= 0.3 is 0 Å². The number of halogens is 2. The van der Waals surface area contributed by atoms with Crippen molar-refractivity contribution >= 4 is 35.6 Å². The average Bonchev–Trinajstić information content (AvgIpc) is 2.59. The van der Waals surface area contributed by atoms with Gasteiger partial charge in [0.2, 0.25) is 0 Å². The van der Waals surface area contributed by atoms with Crippen LogP contribution in [0.15, 0.2) is 29.3 Å². The summed E-state index contributed by atoms with van der Waals surface area (Å²) in [6.07, 6.45) is 1.25. The molecule has 0 saturated carbocycles. The molecular formula is C18H30FIN4O. The Bertz CT molecular complexity index is 516. The van der Waals surface area contributed by atoms with E-state index in [1.807, 2.05) is 33.0 Å². The van der Waals surface area contributed by atoms with E-state index in [-0.39, 0.29) is 35.9 Å². The van der Waals surface area contributed by atoms with Gasteiger partial charge < -0.3 is 19.9 Å². The van der Waals surface area contributed by atoms with Gasteiger partial charge in [-0.25, -0.2) is 4.39 Å². The van der Waals surface area contributed by atoms with Crippen molar-refractivity contribution in [2.75, 3.05) is 51.3 Å². The van der Waals surface area contributed by atoms with Crippen LogP contribution in [-0.4, -0.2) is 63.3 Å². The van der Waals surface area contributed by atoms with Crippen LogP contribution < -0.4 is 10.2 Å². The van der Waals surface area contributed by atoms with Crippen molar-refractivity contribution in [3.05, 3.63) is 30.1 Å². The van der Waals surface area contributed by atoms with Crippen molar-refractivity contribution in [3.8, 4) is 0 Å². The lowest BCUT2D eigenvalue weighted by atomic mass is 10.2. The molecule has 0 amide bonds. The second-order valence-electron chi connectivity index (χ2n) is 6.20. The molecule has 5 nitrogen and oxygen atoms in total. The number of piperazine rings is 1. The summed E-state index contributed by atoms with van der Waals surface area (Å²) in [6, 6.07) is 6.71. The molecule has 1 aliphatic heterocycles. The Morgan fingerprint density at radius 2 is 1.84 bits per heavy atom. The standard InChI is InChI=1S/C18H29FN4O.HI/c1-15(2)24-14-4-9-21-18(20-3)23-12-10-22(11-13-23)17-7-5-16(19)6-8-17;/h5-8,15H,4,9-14H2,1-3H3,(H,20,21);1H. The number of rotatable bonds is 6. The highest BCUT2D eigenvalue weighted by atomic mass is 127. The predicted octanol–water partition coefficient (Wildman–Crippen LogP) is 2.96. The zero-order valence-corrected chi connectivity index (χ0v) is 17.7. The smallest absolute Gasteiger partial charge is 0.193 e. The second kappa shape index (κ2) is 11.5. The van der Waals surface area contributed by atoms with Crippen LogP contribution in [0.4, 0.5) is 10.1 Å². The summed E-state index contributed by atoms with van der Waals surface area (Å²) in [5, 5.41) is 3.40. The van der Waals surface area contributed by atoms with E-state index in [1.165, 1.54) is 12.1 Å². The number of aliphatic imine (C=N–C) groups is 1. The van der Waals surface area contributed by atoms with Crippen LogP contribution in [0.3, 0.4) is 0 Å². The van der Waals surface area contributed by atoms with Crippen molar-refractivity contribution < 1.29 is 9.13 Å². The van der Waals surface area contributed by atoms with Gasteiger partial charge in [-0.3, -0.25) is 4.99 Å². The van der Waals surface area contributed by atoms with E-state index < -0.39 is 0 Å². The summed E-state index contributed by atoms with van der Waals surface area (Å²) in [5.74, 6) is 0.752. The molecule has 1 aromatic carbocycles. The molecule has 142 valence electrons. The molecule has 0 unspecified atom stereocenters. The fourth-order valence-electron chi connectivity index (χ4n) is 2.75. The highest BCUT2D eigenvalue weighted by Gasteiger charge is 2.19. The number of nitrogens with one attached hydrogen (secondary N) is 1. The third kappa shape index (κ3) is 7.35. The summed E-state index contributed by atoms with van der Waals surface area (Å²) in [4.78, 5) is 8.92. The number of nitrogens with zero attached hydrogens (tertiary/aromatic N) is 3. The molecule has 0 radical (unpaired) electrons. The van der Waals surface area contributed by atoms with Crippen molar-refractivity contribution in [3.63, 3.8) is 0 Å². The summed E-state index contributed by atoms with van der Waals surface area (Å²) < 4.78 is 18.6. The van der Waals surface area contributed by atoms with Gasteiger partial charge in [-0.05, 0) is 44.5 Å². The summed E-state index contributed by atoms with van der Waals surface area (Å²) in [5.41, 5.74) is 1.07. The number of hydrogen-bond donors (Lipinski definition) is 1. The third-order valence-corrected chi connectivity index (χ3v) is 4.04. The number of hydrogen-bond acceptors (Lipinski definition) is 3. The van der Waals surface area contributed by atoms with Gasteiger partial charge in [0.25, 0.3) is 0 Å². The van der Waals surface area contributed by atoms with Gasteiger partial charge in [-0.1, -0.05) is 0 Å². The van der Waals surface area contributed by atoms with Gasteiger partial charge in [0, 0.05) is 52.1 Å². The van der Waals surface area contributed by atoms with E-state index >= 15 is 0 Å². The first-order valence-corrected chi connectivity index (χ1v) is 8.68. The molecule has 1 fully saturated rings. The van der Waals surface area contributed by atoms with E-state index in [1.54, 1.807) is 0 Å². The minimum atomic E-state index is -0.191. The molecule has 25 heavy (non-hydrogen) atoms. The van der Waals surface area contributed by atoms with Crippen LogP contribution >= 0.6 is 24.0 Å². The lowest BCUT2D eigenvalue weighted by Gasteiger charge is -2.37. The molecule has 1 N–H and O–H groups in total. The van der Waals surface area contributed by atoms with E-state index in [0.29, 0.717) is 0 Å². The normalized spacial score (nSPS) is 15.3. The number of guanidine groups is 1. The molecule has 7 heteroatoms. The zero-order valence-electron chi connectivity index (χ0n) is 15.4. The molecule has 0 bridgehead atoms. The number of benzene rings is 1. The van der Waals surface area contributed by atoms with Crippen molar-refractivity contribution in [1.82, 2.24) is 10.2 Å². The zero-order chi connectivity index (χ0) is 17.4. The van der Waals surface area contributed by atoms with Gasteiger partial charge in [0.1, 0.15) is 5.82 Å². The summed E-state index contributed by atoms with van der Waals surface area (Å²) in [7, 11) is 1.82. The quantitative estimate of drug-likeness (QED) is 0.304. The number of anilines is 1. The molecule has 0 aromatic heterocycles. The summed E-state index contributed by atoms with van der Waals surface area (Å²) >= 11 is 0. The van der Waals surface area contributed by atoms with Crippen LogP contribution in [0.5, 0.6) is 0 Å². The van der Waals surface area contributed by atoms with Crippen LogP contribution in [0.1, 0.15) is 20.3 Å². The molecule has 2 rings (SSSR count). The molecule has 1 saturated heterocycles. The fraction of sp³-hybridized carbons (Fsp3) is 0.611. The highest BCUT2D eigenvalue weighted by molar-refractivity contribution is 14.0. The Morgan fingerprint density at radius 1 is 1.20 bits per heavy atom. The maximum Gasteiger partial charge on any atom is 0.193 e. The van der Waals surface area contributed by atoms with Gasteiger partial charge in [0.05, 0.1) is 6.10 Å². The van der Waals surface area contributed by atoms with Crippen molar-refractivity contribution in [2.45, 2.75) is 26.4 Å². The first kappa shape index (κ1) is 22.0. The van der Waals surface area contributed by atoms with Crippen molar-refractivity contribution in [2.24, 2.45) is 4.99 Å². The molecule has 1 aliphatic rings. The Kier molecular flexibility index (Phi) is 10.1. The van der Waals surface area contributed by atoms with Gasteiger partial charge in [-0.2, -0.15) is 0 Å². The first-order valence-electron chi connectivity index (χ1n) is 8.68. The predicted molar refractivity (Wildman–Crippen MR) is 113 cm³/mol. The van der Waals surface area contributed by atoms with E-state index in [9.17, 15) is 4.39 Å². The Morgan fingerprint density at radius 3 is 2.40 bits per heavy atom. The lowest BCUT2D eigenvalue weighted by Crippen LogP contribution is -2.52. The molecule has 0 atom stereocenters. The highest BCUT2D eigenvalue weighted by Crippen LogP contribution is 2.16.